The van der Waals surface area contributed by atoms with E-state index in [9.17, 15) is 4.79 Å². The summed E-state index contributed by atoms with van der Waals surface area (Å²) in [6.45, 7) is 2.61. The van der Waals surface area contributed by atoms with Crippen molar-refractivity contribution in [1.82, 2.24) is 0 Å². The Kier molecular flexibility index (Phi) is 5.14. The van der Waals surface area contributed by atoms with Crippen LogP contribution in [0.5, 0.6) is 0 Å². The fourth-order valence-electron chi connectivity index (χ4n) is 1.19. The van der Waals surface area contributed by atoms with Crippen molar-refractivity contribution in [2.75, 3.05) is 19.4 Å². The van der Waals surface area contributed by atoms with Crippen LogP contribution in [0.4, 0.5) is 0 Å². The van der Waals surface area contributed by atoms with E-state index in [4.69, 9.17) is 5.73 Å². The maximum atomic E-state index is 11.0. The van der Waals surface area contributed by atoms with Gasteiger partial charge in [0, 0.05) is 11.4 Å². The molecule has 1 rings (SSSR count). The maximum Gasteiger partial charge on any atom is 0.315 e. The molecular formula is C10H15NO2S2. The van der Waals surface area contributed by atoms with Crippen molar-refractivity contribution < 1.29 is 9.53 Å². The molecule has 1 heterocycles. The van der Waals surface area contributed by atoms with Gasteiger partial charge >= 0.3 is 5.97 Å². The average molecular weight is 245 g/mol. The third-order valence-electron chi connectivity index (χ3n) is 2.04. The van der Waals surface area contributed by atoms with Crippen molar-refractivity contribution in [2.24, 2.45) is 5.73 Å². The van der Waals surface area contributed by atoms with Gasteiger partial charge in [0.15, 0.2) is 0 Å². The molecule has 1 aromatic heterocycles. The molecule has 0 aliphatic rings. The van der Waals surface area contributed by atoms with Crippen molar-refractivity contribution in [3.63, 3.8) is 0 Å². The minimum absolute atomic E-state index is 0.198. The third kappa shape index (κ3) is 3.52. The Labute approximate surface area is 98.0 Å². The number of carbonyl (C=O) groups is 1. The van der Waals surface area contributed by atoms with Crippen molar-refractivity contribution >= 4 is 29.1 Å². The first-order chi connectivity index (χ1) is 7.19. The van der Waals surface area contributed by atoms with Gasteiger partial charge in [0.1, 0.15) is 0 Å². The molecule has 0 aliphatic carbocycles. The van der Waals surface area contributed by atoms with Crippen LogP contribution < -0.4 is 5.73 Å². The maximum absolute atomic E-state index is 11.0. The van der Waals surface area contributed by atoms with E-state index in [0.29, 0.717) is 12.3 Å². The standard InChI is InChI=1S/C10H15NO2S2/c1-7-3-4-14-10(7)8(5-11)15-6-9(12)13-2/h3-4,8H,5-6,11H2,1-2H3. The van der Waals surface area contributed by atoms with E-state index in [2.05, 4.69) is 17.7 Å². The second-order valence-corrected chi connectivity index (χ2v) is 5.22. The highest BCUT2D eigenvalue weighted by molar-refractivity contribution is 8.00. The summed E-state index contributed by atoms with van der Waals surface area (Å²) in [6.07, 6.45) is 0. The summed E-state index contributed by atoms with van der Waals surface area (Å²) in [5.74, 6) is 0.156. The lowest BCUT2D eigenvalue weighted by Gasteiger charge is -2.12. The Morgan fingerprint density at radius 3 is 2.93 bits per heavy atom. The molecule has 2 N–H and O–H groups in total. The zero-order valence-electron chi connectivity index (χ0n) is 8.86. The monoisotopic (exact) mass is 245 g/mol. The summed E-state index contributed by atoms with van der Waals surface area (Å²) in [5, 5.41) is 2.25. The molecule has 0 radical (unpaired) electrons. The lowest BCUT2D eigenvalue weighted by molar-refractivity contribution is -0.137. The Hall–Kier alpha value is -0.520. The van der Waals surface area contributed by atoms with Gasteiger partial charge in [-0.1, -0.05) is 0 Å². The van der Waals surface area contributed by atoms with Crippen LogP contribution in [-0.4, -0.2) is 25.4 Å². The highest BCUT2D eigenvalue weighted by Crippen LogP contribution is 2.33. The lowest BCUT2D eigenvalue weighted by Crippen LogP contribution is -2.12. The molecule has 0 saturated carbocycles. The summed E-state index contributed by atoms with van der Waals surface area (Å²) < 4.78 is 4.60. The number of nitrogens with two attached hydrogens (primary N) is 1. The van der Waals surface area contributed by atoms with Crippen LogP contribution >= 0.6 is 23.1 Å². The molecule has 0 spiro atoms. The normalized spacial score (nSPS) is 12.5. The first-order valence-corrected chi connectivity index (χ1v) is 6.54. The average Bonchev–Trinajstić information content (AvgIpc) is 2.65. The first-order valence-electron chi connectivity index (χ1n) is 4.61. The number of aryl methyl sites for hydroxylation is 1. The van der Waals surface area contributed by atoms with Crippen LogP contribution in [0.3, 0.4) is 0 Å². The topological polar surface area (TPSA) is 52.3 Å². The summed E-state index contributed by atoms with van der Waals surface area (Å²) in [4.78, 5) is 12.3. The quantitative estimate of drug-likeness (QED) is 0.806. The van der Waals surface area contributed by atoms with Crippen molar-refractivity contribution in [3.05, 3.63) is 21.9 Å². The minimum Gasteiger partial charge on any atom is -0.468 e. The van der Waals surface area contributed by atoms with Crippen LogP contribution in [0.2, 0.25) is 0 Å². The Morgan fingerprint density at radius 2 is 2.47 bits per heavy atom. The molecule has 1 atom stereocenters. The second-order valence-electron chi connectivity index (χ2n) is 3.08. The van der Waals surface area contributed by atoms with E-state index in [1.54, 1.807) is 11.3 Å². The molecule has 0 saturated heterocycles. The van der Waals surface area contributed by atoms with Crippen LogP contribution in [0, 0.1) is 6.92 Å². The predicted octanol–water partition coefficient (Wildman–Crippen LogP) is 1.96. The van der Waals surface area contributed by atoms with Gasteiger partial charge in [-0.25, -0.2) is 0 Å². The number of hydrogen-bond acceptors (Lipinski definition) is 5. The number of carbonyl (C=O) groups excluding carboxylic acids is 1. The number of esters is 1. The molecule has 3 nitrogen and oxygen atoms in total. The van der Waals surface area contributed by atoms with E-state index >= 15 is 0 Å². The summed E-state index contributed by atoms with van der Waals surface area (Å²) in [7, 11) is 1.40. The van der Waals surface area contributed by atoms with Gasteiger partial charge in [-0.2, -0.15) is 0 Å². The number of hydrogen-bond donors (Lipinski definition) is 1. The zero-order valence-corrected chi connectivity index (χ0v) is 10.5. The summed E-state index contributed by atoms with van der Waals surface area (Å²) in [5.41, 5.74) is 6.94. The molecule has 1 aromatic rings. The zero-order chi connectivity index (χ0) is 11.3. The van der Waals surface area contributed by atoms with Gasteiger partial charge in [-0.3, -0.25) is 4.79 Å². The molecule has 0 bridgehead atoms. The fraction of sp³-hybridized carbons (Fsp3) is 0.500. The number of methoxy groups -OCH3 is 1. The minimum atomic E-state index is -0.201. The molecule has 5 heteroatoms. The Morgan fingerprint density at radius 1 is 1.73 bits per heavy atom. The third-order valence-corrected chi connectivity index (χ3v) is 4.55. The smallest absolute Gasteiger partial charge is 0.315 e. The van der Waals surface area contributed by atoms with Crippen LogP contribution in [0.1, 0.15) is 15.7 Å². The van der Waals surface area contributed by atoms with Crippen molar-refractivity contribution in [2.45, 2.75) is 12.2 Å². The van der Waals surface area contributed by atoms with Crippen molar-refractivity contribution in [1.29, 1.82) is 0 Å². The van der Waals surface area contributed by atoms with Gasteiger partial charge in [0.05, 0.1) is 18.1 Å². The summed E-state index contributed by atoms with van der Waals surface area (Å²) in [6, 6.07) is 2.07. The first kappa shape index (κ1) is 12.5. The number of thioether (sulfide) groups is 1. The van der Waals surface area contributed by atoms with Crippen LogP contribution in [-0.2, 0) is 9.53 Å². The Balaban J connectivity index is 2.57. The largest absolute Gasteiger partial charge is 0.468 e. The molecule has 0 aromatic carbocycles. The van der Waals surface area contributed by atoms with Crippen LogP contribution in [0.15, 0.2) is 11.4 Å². The van der Waals surface area contributed by atoms with Gasteiger partial charge in [-0.15, -0.1) is 23.1 Å². The van der Waals surface area contributed by atoms with E-state index < -0.39 is 0 Å². The van der Waals surface area contributed by atoms with E-state index in [0.717, 1.165) is 0 Å². The number of thiophene rings is 1. The molecule has 0 amide bonds. The van der Waals surface area contributed by atoms with Gasteiger partial charge in [0.2, 0.25) is 0 Å². The van der Waals surface area contributed by atoms with Gasteiger partial charge in [0.25, 0.3) is 0 Å². The second kappa shape index (κ2) is 6.15. The number of ether oxygens (including phenoxy) is 1. The number of rotatable bonds is 5. The molecule has 0 aliphatic heterocycles. The van der Waals surface area contributed by atoms with E-state index in [-0.39, 0.29) is 11.2 Å². The van der Waals surface area contributed by atoms with E-state index in [1.165, 1.54) is 29.3 Å². The lowest BCUT2D eigenvalue weighted by atomic mass is 10.2. The van der Waals surface area contributed by atoms with Gasteiger partial charge in [-0.05, 0) is 23.9 Å². The van der Waals surface area contributed by atoms with Gasteiger partial charge < -0.3 is 10.5 Å². The predicted molar refractivity (Wildman–Crippen MR) is 65.3 cm³/mol. The molecule has 0 fully saturated rings. The van der Waals surface area contributed by atoms with Crippen molar-refractivity contribution in [3.8, 4) is 0 Å². The summed E-state index contributed by atoms with van der Waals surface area (Å²) >= 11 is 3.23. The SMILES string of the molecule is COC(=O)CSC(CN)c1sccc1C. The highest BCUT2D eigenvalue weighted by atomic mass is 32.2. The molecule has 84 valence electrons. The van der Waals surface area contributed by atoms with Crippen LogP contribution in [0.25, 0.3) is 0 Å². The van der Waals surface area contributed by atoms with E-state index in [1.807, 2.05) is 5.38 Å². The Bertz CT molecular complexity index is 325. The highest BCUT2D eigenvalue weighted by Gasteiger charge is 2.15. The molecule has 1 unspecified atom stereocenters. The molecule has 15 heavy (non-hydrogen) atoms. The fourth-order valence-corrected chi connectivity index (χ4v) is 3.41. The molecular weight excluding hydrogens is 230 g/mol.